The van der Waals surface area contributed by atoms with Crippen LogP contribution < -0.4 is 0 Å². The highest BCUT2D eigenvalue weighted by atomic mass is 32.2. The predicted molar refractivity (Wildman–Crippen MR) is 80.0 cm³/mol. The van der Waals surface area contributed by atoms with E-state index in [9.17, 15) is 12.8 Å². The number of furan rings is 1. The molecule has 0 bridgehead atoms. The standard InChI is InChI=1S/C15H18FNO4S/c1-20-9-7-17(10-14-6-8-21-11-14)22(18,19)12-13-2-4-15(16)5-3-13/h2-6,8,11H,7,9-10,12H2,1H3. The Labute approximate surface area is 129 Å². The highest BCUT2D eigenvalue weighted by molar-refractivity contribution is 7.88. The van der Waals surface area contributed by atoms with Crippen LogP contribution in [0.15, 0.2) is 47.3 Å². The van der Waals surface area contributed by atoms with Gasteiger partial charge in [0, 0.05) is 25.8 Å². The summed E-state index contributed by atoms with van der Waals surface area (Å²) >= 11 is 0. The van der Waals surface area contributed by atoms with Gasteiger partial charge >= 0.3 is 0 Å². The molecule has 2 rings (SSSR count). The largest absolute Gasteiger partial charge is 0.472 e. The van der Waals surface area contributed by atoms with E-state index < -0.39 is 15.8 Å². The normalized spacial score (nSPS) is 12.0. The van der Waals surface area contributed by atoms with Crippen LogP contribution in [0.25, 0.3) is 0 Å². The number of ether oxygens (including phenoxy) is 1. The first-order valence-electron chi connectivity index (χ1n) is 6.73. The van der Waals surface area contributed by atoms with Gasteiger partial charge in [-0.1, -0.05) is 12.1 Å². The molecule has 0 radical (unpaired) electrons. The molecule has 0 fully saturated rings. The lowest BCUT2D eigenvalue weighted by molar-refractivity contribution is 0.177. The van der Waals surface area contributed by atoms with Gasteiger partial charge in [-0.15, -0.1) is 0 Å². The van der Waals surface area contributed by atoms with Gasteiger partial charge in [0.25, 0.3) is 0 Å². The van der Waals surface area contributed by atoms with E-state index in [1.165, 1.54) is 48.2 Å². The molecular formula is C15H18FNO4S. The van der Waals surface area contributed by atoms with Gasteiger partial charge in [-0.2, -0.15) is 4.31 Å². The molecule has 1 aromatic carbocycles. The van der Waals surface area contributed by atoms with Crippen LogP contribution in [0.4, 0.5) is 4.39 Å². The van der Waals surface area contributed by atoms with E-state index in [-0.39, 0.29) is 18.8 Å². The number of sulfonamides is 1. The van der Waals surface area contributed by atoms with E-state index in [1.54, 1.807) is 6.07 Å². The average Bonchev–Trinajstić information content (AvgIpc) is 2.98. The summed E-state index contributed by atoms with van der Waals surface area (Å²) in [5.41, 5.74) is 1.30. The molecular weight excluding hydrogens is 309 g/mol. The lowest BCUT2D eigenvalue weighted by Gasteiger charge is -2.21. The fourth-order valence-electron chi connectivity index (χ4n) is 1.98. The van der Waals surface area contributed by atoms with Gasteiger partial charge in [-0.3, -0.25) is 0 Å². The zero-order chi connectivity index (χ0) is 16.0. The fourth-order valence-corrected chi connectivity index (χ4v) is 3.47. The number of rotatable bonds is 8. The maximum absolute atomic E-state index is 12.9. The maximum Gasteiger partial charge on any atom is 0.218 e. The van der Waals surface area contributed by atoms with Gasteiger partial charge in [0.15, 0.2) is 0 Å². The quantitative estimate of drug-likeness (QED) is 0.747. The summed E-state index contributed by atoms with van der Waals surface area (Å²) in [6.45, 7) is 0.745. The first-order valence-corrected chi connectivity index (χ1v) is 8.34. The van der Waals surface area contributed by atoms with E-state index in [1.807, 2.05) is 0 Å². The van der Waals surface area contributed by atoms with Crippen molar-refractivity contribution in [3.8, 4) is 0 Å². The van der Waals surface area contributed by atoms with Crippen molar-refractivity contribution in [3.63, 3.8) is 0 Å². The molecule has 0 aliphatic heterocycles. The van der Waals surface area contributed by atoms with Crippen molar-refractivity contribution in [1.82, 2.24) is 4.31 Å². The minimum Gasteiger partial charge on any atom is -0.472 e. The van der Waals surface area contributed by atoms with Gasteiger partial charge in [-0.25, -0.2) is 12.8 Å². The summed E-state index contributed by atoms with van der Waals surface area (Å²) in [6, 6.07) is 7.16. The van der Waals surface area contributed by atoms with Crippen molar-refractivity contribution in [2.45, 2.75) is 12.3 Å². The third kappa shape index (κ3) is 4.66. The molecule has 7 heteroatoms. The molecule has 0 spiro atoms. The summed E-state index contributed by atoms with van der Waals surface area (Å²) in [7, 11) is -2.03. The number of halogens is 1. The zero-order valence-corrected chi connectivity index (χ0v) is 13.1. The van der Waals surface area contributed by atoms with Crippen molar-refractivity contribution in [3.05, 3.63) is 59.8 Å². The van der Waals surface area contributed by atoms with Crippen molar-refractivity contribution < 1.29 is 22.0 Å². The van der Waals surface area contributed by atoms with Crippen LogP contribution in [0, 0.1) is 5.82 Å². The molecule has 0 unspecified atom stereocenters. The molecule has 22 heavy (non-hydrogen) atoms. The Bertz CT molecular complexity index is 668. The van der Waals surface area contributed by atoms with Crippen LogP contribution in [0.3, 0.4) is 0 Å². The van der Waals surface area contributed by atoms with Crippen molar-refractivity contribution in [1.29, 1.82) is 0 Å². The van der Waals surface area contributed by atoms with E-state index in [2.05, 4.69) is 0 Å². The molecule has 1 heterocycles. The number of methoxy groups -OCH3 is 1. The Balaban J connectivity index is 2.14. The Kier molecular flexibility index (Phi) is 5.70. The summed E-state index contributed by atoms with van der Waals surface area (Å²) in [4.78, 5) is 0. The fraction of sp³-hybridized carbons (Fsp3) is 0.333. The second kappa shape index (κ2) is 7.53. The van der Waals surface area contributed by atoms with Crippen LogP contribution >= 0.6 is 0 Å². The maximum atomic E-state index is 12.9. The predicted octanol–water partition coefficient (Wildman–Crippen LogP) is 2.40. The minimum absolute atomic E-state index is 0.186. The van der Waals surface area contributed by atoms with Crippen LogP contribution in [-0.4, -0.2) is 33.0 Å². The smallest absolute Gasteiger partial charge is 0.218 e. The second-order valence-corrected chi connectivity index (χ2v) is 6.81. The molecule has 0 aliphatic rings. The lowest BCUT2D eigenvalue weighted by atomic mass is 10.2. The summed E-state index contributed by atoms with van der Waals surface area (Å²) in [6.07, 6.45) is 3.00. The molecule has 5 nitrogen and oxygen atoms in total. The minimum atomic E-state index is -3.55. The first kappa shape index (κ1) is 16.7. The number of hydrogen-bond donors (Lipinski definition) is 0. The monoisotopic (exact) mass is 327 g/mol. The van der Waals surface area contributed by atoms with Crippen molar-refractivity contribution in [2.75, 3.05) is 20.3 Å². The van der Waals surface area contributed by atoms with Crippen molar-refractivity contribution in [2.24, 2.45) is 0 Å². The molecule has 0 aliphatic carbocycles. The van der Waals surface area contributed by atoms with Gasteiger partial charge in [-0.05, 0) is 23.8 Å². The SMILES string of the molecule is COCCN(Cc1ccoc1)S(=O)(=O)Cc1ccc(F)cc1. The first-order chi connectivity index (χ1) is 10.5. The Morgan fingerprint density at radius 1 is 1.18 bits per heavy atom. The number of benzene rings is 1. The third-order valence-corrected chi connectivity index (χ3v) is 4.94. The topological polar surface area (TPSA) is 59.8 Å². The third-order valence-electron chi connectivity index (χ3n) is 3.14. The van der Waals surface area contributed by atoms with E-state index in [4.69, 9.17) is 9.15 Å². The molecule has 0 N–H and O–H groups in total. The second-order valence-electron chi connectivity index (χ2n) is 4.84. The molecule has 120 valence electrons. The zero-order valence-electron chi connectivity index (χ0n) is 12.2. The van der Waals surface area contributed by atoms with Crippen LogP contribution in [0.5, 0.6) is 0 Å². The number of hydrogen-bond acceptors (Lipinski definition) is 4. The van der Waals surface area contributed by atoms with Gasteiger partial charge in [0.1, 0.15) is 5.82 Å². The molecule has 0 atom stereocenters. The van der Waals surface area contributed by atoms with Gasteiger partial charge in [0.05, 0.1) is 24.9 Å². The van der Waals surface area contributed by atoms with Crippen molar-refractivity contribution >= 4 is 10.0 Å². The van der Waals surface area contributed by atoms with E-state index in [0.29, 0.717) is 12.2 Å². The van der Waals surface area contributed by atoms with E-state index >= 15 is 0 Å². The Morgan fingerprint density at radius 2 is 1.91 bits per heavy atom. The van der Waals surface area contributed by atoms with Crippen LogP contribution in [0.1, 0.15) is 11.1 Å². The molecule has 1 aromatic heterocycles. The number of nitrogens with zero attached hydrogens (tertiary/aromatic N) is 1. The molecule has 2 aromatic rings. The lowest BCUT2D eigenvalue weighted by Crippen LogP contribution is -2.34. The van der Waals surface area contributed by atoms with Gasteiger partial charge in [0.2, 0.25) is 10.0 Å². The summed E-state index contributed by atoms with van der Waals surface area (Å²) in [5, 5.41) is 0. The van der Waals surface area contributed by atoms with Crippen LogP contribution in [-0.2, 0) is 27.1 Å². The Hall–Kier alpha value is -1.70. The highest BCUT2D eigenvalue weighted by Gasteiger charge is 2.23. The van der Waals surface area contributed by atoms with Crippen LogP contribution in [0.2, 0.25) is 0 Å². The van der Waals surface area contributed by atoms with Gasteiger partial charge < -0.3 is 9.15 Å². The molecule has 0 amide bonds. The average molecular weight is 327 g/mol. The summed E-state index contributed by atoms with van der Waals surface area (Å²) in [5.74, 6) is -0.578. The molecule has 0 saturated carbocycles. The summed E-state index contributed by atoms with van der Waals surface area (Å²) < 4.78 is 49.3. The van der Waals surface area contributed by atoms with E-state index in [0.717, 1.165) is 5.56 Å². The Morgan fingerprint density at radius 3 is 2.50 bits per heavy atom. The highest BCUT2D eigenvalue weighted by Crippen LogP contribution is 2.15. The molecule has 0 saturated heterocycles.